The molecule has 0 atom stereocenters. The standard InChI is InChI=1S/C14H26O2/c1-4-7-9-10-12-16-14(15)13(6-3)11-8-5-2/h11H,4-10,12H2,1-3H3/b13-11+. The van der Waals surface area contributed by atoms with Gasteiger partial charge in [0.05, 0.1) is 6.61 Å². The Morgan fingerprint density at radius 3 is 2.38 bits per heavy atom. The topological polar surface area (TPSA) is 26.3 Å². The van der Waals surface area contributed by atoms with Gasteiger partial charge in [0.1, 0.15) is 0 Å². The molecule has 0 spiro atoms. The van der Waals surface area contributed by atoms with Crippen LogP contribution in [0, 0.1) is 0 Å². The molecule has 0 aromatic heterocycles. The van der Waals surface area contributed by atoms with Crippen LogP contribution in [0.4, 0.5) is 0 Å². The second-order valence-electron chi connectivity index (χ2n) is 4.07. The van der Waals surface area contributed by atoms with E-state index in [4.69, 9.17) is 4.74 Å². The van der Waals surface area contributed by atoms with Gasteiger partial charge in [0.15, 0.2) is 0 Å². The fraction of sp³-hybridized carbons (Fsp3) is 0.786. The van der Waals surface area contributed by atoms with E-state index in [1.54, 1.807) is 0 Å². The molecule has 0 aliphatic rings. The normalized spacial score (nSPS) is 11.6. The Labute approximate surface area is 100 Å². The second-order valence-corrected chi connectivity index (χ2v) is 4.07. The van der Waals surface area contributed by atoms with Gasteiger partial charge in [0.25, 0.3) is 0 Å². The van der Waals surface area contributed by atoms with Crippen molar-refractivity contribution in [2.24, 2.45) is 0 Å². The molecule has 0 aliphatic heterocycles. The lowest BCUT2D eigenvalue weighted by Gasteiger charge is -2.06. The highest BCUT2D eigenvalue weighted by Crippen LogP contribution is 2.07. The van der Waals surface area contributed by atoms with Gasteiger partial charge in [-0.25, -0.2) is 4.79 Å². The van der Waals surface area contributed by atoms with E-state index in [0.29, 0.717) is 6.61 Å². The van der Waals surface area contributed by atoms with Crippen LogP contribution in [0.5, 0.6) is 0 Å². The van der Waals surface area contributed by atoms with Crippen LogP contribution in [-0.2, 0) is 9.53 Å². The van der Waals surface area contributed by atoms with Crippen LogP contribution in [0.1, 0.15) is 65.7 Å². The number of allylic oxidation sites excluding steroid dienone is 1. The molecular formula is C14H26O2. The minimum atomic E-state index is -0.118. The van der Waals surface area contributed by atoms with Crippen molar-refractivity contribution in [2.45, 2.75) is 65.7 Å². The lowest BCUT2D eigenvalue weighted by Crippen LogP contribution is -2.08. The van der Waals surface area contributed by atoms with E-state index >= 15 is 0 Å². The number of rotatable bonds is 9. The third kappa shape index (κ3) is 7.49. The summed E-state index contributed by atoms with van der Waals surface area (Å²) in [4.78, 5) is 11.6. The Balaban J connectivity index is 3.75. The molecule has 0 aliphatic carbocycles. The summed E-state index contributed by atoms with van der Waals surface area (Å²) < 4.78 is 5.23. The predicted octanol–water partition coefficient (Wildman–Crippen LogP) is 4.25. The Bertz CT molecular complexity index is 207. The van der Waals surface area contributed by atoms with Crippen molar-refractivity contribution in [1.29, 1.82) is 0 Å². The number of esters is 1. The molecule has 0 heterocycles. The van der Waals surface area contributed by atoms with Gasteiger partial charge in [-0.2, -0.15) is 0 Å². The average Bonchev–Trinajstić information content (AvgIpc) is 2.30. The van der Waals surface area contributed by atoms with Crippen LogP contribution >= 0.6 is 0 Å². The van der Waals surface area contributed by atoms with Crippen molar-refractivity contribution in [3.8, 4) is 0 Å². The monoisotopic (exact) mass is 226 g/mol. The van der Waals surface area contributed by atoms with E-state index in [-0.39, 0.29) is 5.97 Å². The molecule has 0 bridgehead atoms. The van der Waals surface area contributed by atoms with E-state index in [9.17, 15) is 4.79 Å². The van der Waals surface area contributed by atoms with Gasteiger partial charge in [0, 0.05) is 5.57 Å². The van der Waals surface area contributed by atoms with Gasteiger partial charge in [-0.3, -0.25) is 0 Å². The van der Waals surface area contributed by atoms with Crippen molar-refractivity contribution in [3.05, 3.63) is 11.6 Å². The summed E-state index contributed by atoms with van der Waals surface area (Å²) in [5.41, 5.74) is 0.831. The van der Waals surface area contributed by atoms with Gasteiger partial charge < -0.3 is 4.74 Å². The molecule has 94 valence electrons. The molecule has 0 aromatic carbocycles. The zero-order valence-electron chi connectivity index (χ0n) is 11.1. The van der Waals surface area contributed by atoms with Crippen LogP contribution in [0.2, 0.25) is 0 Å². The first kappa shape index (κ1) is 15.2. The number of hydrogen-bond donors (Lipinski definition) is 0. The van der Waals surface area contributed by atoms with Gasteiger partial charge in [0.2, 0.25) is 0 Å². The Morgan fingerprint density at radius 1 is 1.06 bits per heavy atom. The van der Waals surface area contributed by atoms with Gasteiger partial charge in [-0.05, 0) is 19.3 Å². The van der Waals surface area contributed by atoms with Crippen LogP contribution in [-0.4, -0.2) is 12.6 Å². The molecule has 2 nitrogen and oxygen atoms in total. The molecule has 0 amide bonds. The minimum Gasteiger partial charge on any atom is -0.462 e. The highest BCUT2D eigenvalue weighted by molar-refractivity contribution is 5.88. The van der Waals surface area contributed by atoms with Crippen molar-refractivity contribution in [3.63, 3.8) is 0 Å². The first-order valence-corrected chi connectivity index (χ1v) is 6.62. The maximum atomic E-state index is 11.6. The van der Waals surface area contributed by atoms with Gasteiger partial charge in [-0.15, -0.1) is 0 Å². The van der Waals surface area contributed by atoms with Gasteiger partial charge >= 0.3 is 5.97 Å². The second kappa shape index (κ2) is 10.7. The number of unbranched alkanes of at least 4 members (excludes halogenated alkanes) is 4. The summed E-state index contributed by atoms with van der Waals surface area (Å²) in [5.74, 6) is -0.118. The largest absolute Gasteiger partial charge is 0.462 e. The quantitative estimate of drug-likeness (QED) is 0.334. The maximum absolute atomic E-state index is 11.6. The molecular weight excluding hydrogens is 200 g/mol. The molecule has 16 heavy (non-hydrogen) atoms. The van der Waals surface area contributed by atoms with Crippen LogP contribution < -0.4 is 0 Å². The summed E-state index contributed by atoms with van der Waals surface area (Å²) in [6.07, 6.45) is 9.41. The average molecular weight is 226 g/mol. The van der Waals surface area contributed by atoms with Crippen molar-refractivity contribution in [2.75, 3.05) is 6.61 Å². The smallest absolute Gasteiger partial charge is 0.333 e. The van der Waals surface area contributed by atoms with Crippen molar-refractivity contribution in [1.82, 2.24) is 0 Å². The summed E-state index contributed by atoms with van der Waals surface area (Å²) in [6.45, 7) is 6.86. The highest BCUT2D eigenvalue weighted by Gasteiger charge is 2.07. The SMILES string of the molecule is CCC/C=C(\CC)C(=O)OCCCCCC. The zero-order valence-corrected chi connectivity index (χ0v) is 11.1. The molecule has 2 heteroatoms. The van der Waals surface area contributed by atoms with E-state index in [0.717, 1.165) is 37.7 Å². The summed E-state index contributed by atoms with van der Waals surface area (Å²) in [5, 5.41) is 0. The number of hydrogen-bond acceptors (Lipinski definition) is 2. The molecule has 0 N–H and O–H groups in total. The molecule has 0 saturated carbocycles. The Kier molecular flexibility index (Phi) is 10.2. The summed E-state index contributed by atoms with van der Waals surface area (Å²) >= 11 is 0. The fourth-order valence-electron chi connectivity index (χ4n) is 1.48. The number of carbonyl (C=O) groups is 1. The summed E-state index contributed by atoms with van der Waals surface area (Å²) in [6, 6.07) is 0. The molecule has 0 fully saturated rings. The number of ether oxygens (including phenoxy) is 1. The molecule has 0 rings (SSSR count). The van der Waals surface area contributed by atoms with Gasteiger partial charge in [-0.1, -0.05) is 52.5 Å². The lowest BCUT2D eigenvalue weighted by atomic mass is 10.1. The van der Waals surface area contributed by atoms with Crippen LogP contribution in [0.15, 0.2) is 11.6 Å². The van der Waals surface area contributed by atoms with Crippen LogP contribution in [0.25, 0.3) is 0 Å². The van der Waals surface area contributed by atoms with Crippen molar-refractivity contribution >= 4 is 5.97 Å². The molecule has 0 unspecified atom stereocenters. The minimum absolute atomic E-state index is 0.118. The van der Waals surface area contributed by atoms with E-state index in [1.165, 1.54) is 12.8 Å². The van der Waals surface area contributed by atoms with E-state index in [1.807, 2.05) is 13.0 Å². The first-order chi connectivity index (χ1) is 7.76. The van der Waals surface area contributed by atoms with Crippen LogP contribution in [0.3, 0.4) is 0 Å². The zero-order chi connectivity index (χ0) is 12.2. The van der Waals surface area contributed by atoms with Crippen molar-refractivity contribution < 1.29 is 9.53 Å². The molecule has 0 radical (unpaired) electrons. The summed E-state index contributed by atoms with van der Waals surface area (Å²) in [7, 11) is 0. The highest BCUT2D eigenvalue weighted by atomic mass is 16.5. The molecule has 0 saturated heterocycles. The maximum Gasteiger partial charge on any atom is 0.333 e. The van der Waals surface area contributed by atoms with E-state index in [2.05, 4.69) is 13.8 Å². The Morgan fingerprint density at radius 2 is 1.81 bits per heavy atom. The third-order valence-corrected chi connectivity index (χ3v) is 2.55. The third-order valence-electron chi connectivity index (χ3n) is 2.55. The lowest BCUT2D eigenvalue weighted by molar-refractivity contribution is -0.139. The van der Waals surface area contributed by atoms with E-state index < -0.39 is 0 Å². The first-order valence-electron chi connectivity index (χ1n) is 6.62. The molecule has 0 aromatic rings. The Hall–Kier alpha value is -0.790. The fourth-order valence-corrected chi connectivity index (χ4v) is 1.48. The number of carbonyl (C=O) groups excluding carboxylic acids is 1. The predicted molar refractivity (Wildman–Crippen MR) is 68.4 cm³/mol.